The smallest absolute Gasteiger partial charge is 0.273 e. The molecule has 2 aromatic carbocycles. The molecule has 0 aliphatic carbocycles. The van der Waals surface area contributed by atoms with Crippen molar-refractivity contribution in [3.8, 4) is 0 Å². The number of para-hydroxylation sites is 2. The van der Waals surface area contributed by atoms with Crippen LogP contribution in [0.15, 0.2) is 58.5 Å². The Bertz CT molecular complexity index is 1070. The third kappa shape index (κ3) is 5.21. The molecule has 7 nitrogen and oxygen atoms in total. The standard InChI is InChI=1S/C21H23N3O4S/c1-15(2)28-13-7-12-23-20(25)17-9-4-5-10-18(17)22-21(23)29-14-16-8-3-6-11-19(16)24(26)27/h3-6,8-11,15H,7,12-14H2,1-2H3. The number of nitro groups is 1. The zero-order valence-electron chi connectivity index (χ0n) is 16.4. The van der Waals surface area contributed by atoms with Crippen LogP contribution in [0.5, 0.6) is 0 Å². The Hall–Kier alpha value is -2.71. The van der Waals surface area contributed by atoms with Gasteiger partial charge in [0, 0.05) is 30.5 Å². The molecule has 0 unspecified atom stereocenters. The van der Waals surface area contributed by atoms with Gasteiger partial charge >= 0.3 is 0 Å². The number of nitrogens with zero attached hydrogens (tertiary/aromatic N) is 3. The highest BCUT2D eigenvalue weighted by Gasteiger charge is 2.16. The minimum absolute atomic E-state index is 0.0695. The van der Waals surface area contributed by atoms with Gasteiger partial charge in [-0.05, 0) is 32.4 Å². The van der Waals surface area contributed by atoms with Gasteiger partial charge in [0.1, 0.15) is 0 Å². The molecule has 0 N–H and O–H groups in total. The number of hydrogen-bond acceptors (Lipinski definition) is 6. The highest BCUT2D eigenvalue weighted by Crippen LogP contribution is 2.27. The zero-order valence-corrected chi connectivity index (χ0v) is 17.2. The molecule has 1 heterocycles. The molecule has 0 aliphatic rings. The molecule has 1 aromatic heterocycles. The van der Waals surface area contributed by atoms with Gasteiger partial charge in [0.25, 0.3) is 11.2 Å². The first-order chi connectivity index (χ1) is 14.0. The van der Waals surface area contributed by atoms with E-state index in [1.165, 1.54) is 17.8 Å². The summed E-state index contributed by atoms with van der Waals surface area (Å²) in [5.74, 6) is 0.352. The second-order valence-corrected chi connectivity index (χ2v) is 7.76. The van der Waals surface area contributed by atoms with Crippen molar-refractivity contribution < 1.29 is 9.66 Å². The fraction of sp³-hybridized carbons (Fsp3) is 0.333. The average Bonchev–Trinajstić information content (AvgIpc) is 2.71. The van der Waals surface area contributed by atoms with Crippen molar-refractivity contribution in [1.82, 2.24) is 9.55 Å². The number of benzene rings is 2. The van der Waals surface area contributed by atoms with Crippen LogP contribution >= 0.6 is 11.8 Å². The first-order valence-corrected chi connectivity index (χ1v) is 10.4. The fourth-order valence-electron chi connectivity index (χ4n) is 2.95. The molecule has 0 amide bonds. The minimum Gasteiger partial charge on any atom is -0.379 e. The lowest BCUT2D eigenvalue weighted by atomic mass is 10.2. The van der Waals surface area contributed by atoms with Crippen LogP contribution in [-0.2, 0) is 17.0 Å². The molecule has 152 valence electrons. The maximum atomic E-state index is 13.0. The van der Waals surface area contributed by atoms with Crippen LogP contribution in [0.1, 0.15) is 25.8 Å². The Morgan fingerprint density at radius 3 is 2.66 bits per heavy atom. The van der Waals surface area contributed by atoms with Crippen LogP contribution in [0.2, 0.25) is 0 Å². The topological polar surface area (TPSA) is 87.3 Å². The molecule has 0 saturated carbocycles. The summed E-state index contributed by atoms with van der Waals surface area (Å²) in [6.07, 6.45) is 0.811. The highest BCUT2D eigenvalue weighted by atomic mass is 32.2. The Labute approximate surface area is 172 Å². The number of nitro benzene ring substituents is 1. The Kier molecular flexibility index (Phi) is 7.00. The second kappa shape index (κ2) is 9.67. The number of thioether (sulfide) groups is 1. The number of ether oxygens (including phenoxy) is 1. The predicted octanol–water partition coefficient (Wildman–Crippen LogP) is 4.41. The summed E-state index contributed by atoms with van der Waals surface area (Å²) in [5, 5.41) is 12.4. The molecule has 3 rings (SSSR count). The van der Waals surface area contributed by atoms with Crippen LogP contribution in [0.25, 0.3) is 10.9 Å². The number of rotatable bonds is 9. The van der Waals surface area contributed by atoms with Gasteiger partial charge in [-0.2, -0.15) is 0 Å². The summed E-state index contributed by atoms with van der Waals surface area (Å²) in [6, 6.07) is 13.9. The van der Waals surface area contributed by atoms with E-state index >= 15 is 0 Å². The Balaban J connectivity index is 1.90. The van der Waals surface area contributed by atoms with Crippen molar-refractivity contribution in [3.05, 3.63) is 74.6 Å². The summed E-state index contributed by atoms with van der Waals surface area (Å²) in [7, 11) is 0. The van der Waals surface area contributed by atoms with Crippen LogP contribution in [0, 0.1) is 10.1 Å². The van der Waals surface area contributed by atoms with Crippen molar-refractivity contribution in [1.29, 1.82) is 0 Å². The molecule has 8 heteroatoms. The molecule has 0 spiro atoms. The third-order valence-electron chi connectivity index (χ3n) is 4.35. The van der Waals surface area contributed by atoms with E-state index < -0.39 is 0 Å². The molecule has 29 heavy (non-hydrogen) atoms. The van der Waals surface area contributed by atoms with Gasteiger partial charge < -0.3 is 4.74 Å². The van der Waals surface area contributed by atoms with Crippen molar-refractivity contribution in [2.24, 2.45) is 0 Å². The van der Waals surface area contributed by atoms with Gasteiger partial charge in [-0.1, -0.05) is 42.1 Å². The zero-order chi connectivity index (χ0) is 20.8. The third-order valence-corrected chi connectivity index (χ3v) is 5.37. The van der Waals surface area contributed by atoms with E-state index in [9.17, 15) is 14.9 Å². The molecule has 0 fully saturated rings. The lowest BCUT2D eigenvalue weighted by molar-refractivity contribution is -0.385. The summed E-state index contributed by atoms with van der Waals surface area (Å²) in [4.78, 5) is 28.6. The number of fused-ring (bicyclic) bond motifs is 1. The van der Waals surface area contributed by atoms with Crippen molar-refractivity contribution in [3.63, 3.8) is 0 Å². The lowest BCUT2D eigenvalue weighted by Gasteiger charge is -2.14. The molecule has 3 aromatic rings. The minimum atomic E-state index is -0.389. The summed E-state index contributed by atoms with van der Waals surface area (Å²) >= 11 is 1.33. The fourth-order valence-corrected chi connectivity index (χ4v) is 3.97. The predicted molar refractivity (Wildman–Crippen MR) is 114 cm³/mol. The Morgan fingerprint density at radius 2 is 1.90 bits per heavy atom. The number of aromatic nitrogens is 2. The Morgan fingerprint density at radius 1 is 1.17 bits per heavy atom. The van der Waals surface area contributed by atoms with Gasteiger partial charge in [0.15, 0.2) is 5.16 Å². The van der Waals surface area contributed by atoms with Gasteiger partial charge in [-0.3, -0.25) is 19.5 Å². The van der Waals surface area contributed by atoms with E-state index in [2.05, 4.69) is 4.98 Å². The molecule has 0 aliphatic heterocycles. The summed E-state index contributed by atoms with van der Waals surface area (Å²) < 4.78 is 7.23. The number of hydrogen-bond donors (Lipinski definition) is 0. The van der Waals surface area contributed by atoms with Crippen molar-refractivity contribution in [2.45, 2.75) is 43.8 Å². The molecule has 0 bridgehead atoms. The SMILES string of the molecule is CC(C)OCCCn1c(SCc2ccccc2[N+](=O)[O-])nc2ccccc2c1=O. The molecule has 0 saturated heterocycles. The first kappa shape index (κ1) is 21.0. The van der Waals surface area contributed by atoms with Crippen LogP contribution in [0.3, 0.4) is 0 Å². The van der Waals surface area contributed by atoms with Gasteiger partial charge in [-0.15, -0.1) is 0 Å². The maximum absolute atomic E-state index is 13.0. The normalized spacial score (nSPS) is 11.3. The summed E-state index contributed by atoms with van der Waals surface area (Å²) in [5.41, 5.74) is 1.18. The largest absolute Gasteiger partial charge is 0.379 e. The van der Waals surface area contributed by atoms with Crippen LogP contribution in [-0.4, -0.2) is 27.2 Å². The van der Waals surface area contributed by atoms with Gasteiger partial charge in [0.05, 0.1) is 21.9 Å². The van der Waals surface area contributed by atoms with Crippen molar-refractivity contribution in [2.75, 3.05) is 6.61 Å². The molecular weight excluding hydrogens is 390 g/mol. The van der Waals surface area contributed by atoms with Crippen molar-refractivity contribution >= 4 is 28.4 Å². The quantitative estimate of drug-likeness (QED) is 0.170. The van der Waals surface area contributed by atoms with E-state index in [1.807, 2.05) is 26.0 Å². The van der Waals surface area contributed by atoms with Crippen LogP contribution < -0.4 is 5.56 Å². The molecule has 0 radical (unpaired) electrons. The van der Waals surface area contributed by atoms with Gasteiger partial charge in [0.2, 0.25) is 0 Å². The maximum Gasteiger partial charge on any atom is 0.273 e. The van der Waals surface area contributed by atoms with E-state index in [-0.39, 0.29) is 22.3 Å². The highest BCUT2D eigenvalue weighted by molar-refractivity contribution is 7.98. The van der Waals surface area contributed by atoms with E-state index in [0.717, 1.165) is 0 Å². The molecule has 0 atom stereocenters. The van der Waals surface area contributed by atoms with Gasteiger partial charge in [-0.25, -0.2) is 4.98 Å². The first-order valence-electron chi connectivity index (χ1n) is 9.43. The van der Waals surface area contributed by atoms with E-state index in [1.54, 1.807) is 34.9 Å². The average molecular weight is 413 g/mol. The monoisotopic (exact) mass is 413 g/mol. The summed E-state index contributed by atoms with van der Waals surface area (Å²) in [6.45, 7) is 4.96. The van der Waals surface area contributed by atoms with E-state index in [0.29, 0.717) is 46.9 Å². The van der Waals surface area contributed by atoms with E-state index in [4.69, 9.17) is 4.74 Å². The van der Waals surface area contributed by atoms with Crippen LogP contribution in [0.4, 0.5) is 5.69 Å². The molecular formula is C21H23N3O4S. The second-order valence-electron chi connectivity index (χ2n) is 6.82. The lowest BCUT2D eigenvalue weighted by Crippen LogP contribution is -2.24.